The molecule has 6 heteroatoms. The van der Waals surface area contributed by atoms with E-state index in [-0.39, 0.29) is 18.2 Å². The smallest absolute Gasteiger partial charge is 0.356 e. The molecule has 1 aliphatic rings. The van der Waals surface area contributed by atoms with Crippen molar-refractivity contribution in [2.24, 2.45) is 5.92 Å². The van der Waals surface area contributed by atoms with E-state index in [9.17, 15) is 9.59 Å². The number of likely N-dealkylation sites (tertiary alicyclic amines) is 1. The largest absolute Gasteiger partial charge is 0.464 e. The van der Waals surface area contributed by atoms with Gasteiger partial charge in [-0.15, -0.1) is 0 Å². The predicted molar refractivity (Wildman–Crippen MR) is 88.4 cm³/mol. The van der Waals surface area contributed by atoms with Crippen molar-refractivity contribution in [2.75, 3.05) is 20.2 Å². The molecule has 0 saturated carbocycles. The van der Waals surface area contributed by atoms with E-state index in [2.05, 4.69) is 22.0 Å². The molecule has 3 rings (SSSR count). The summed E-state index contributed by atoms with van der Waals surface area (Å²) in [5, 5.41) is 0. The number of aromatic nitrogens is 2. The van der Waals surface area contributed by atoms with E-state index < -0.39 is 5.97 Å². The molecule has 24 heavy (non-hydrogen) atoms. The van der Waals surface area contributed by atoms with Gasteiger partial charge in [-0.1, -0.05) is 30.3 Å². The van der Waals surface area contributed by atoms with Gasteiger partial charge in [0.15, 0.2) is 5.78 Å². The molecule has 0 radical (unpaired) electrons. The van der Waals surface area contributed by atoms with Crippen LogP contribution in [0.5, 0.6) is 0 Å². The molecule has 0 amide bonds. The van der Waals surface area contributed by atoms with E-state index in [0.717, 1.165) is 26.1 Å². The highest BCUT2D eigenvalue weighted by atomic mass is 16.5. The molecular weight excluding hydrogens is 306 g/mol. The van der Waals surface area contributed by atoms with Gasteiger partial charge in [0.25, 0.3) is 0 Å². The van der Waals surface area contributed by atoms with Crippen molar-refractivity contribution in [1.82, 2.24) is 14.5 Å². The van der Waals surface area contributed by atoms with Gasteiger partial charge in [-0.2, -0.15) is 0 Å². The molecule has 2 heterocycles. The van der Waals surface area contributed by atoms with Crippen LogP contribution in [0.2, 0.25) is 0 Å². The van der Waals surface area contributed by atoms with Crippen LogP contribution in [0.4, 0.5) is 0 Å². The van der Waals surface area contributed by atoms with Gasteiger partial charge < -0.3 is 9.30 Å². The third-order valence-corrected chi connectivity index (χ3v) is 4.41. The maximum atomic E-state index is 12.5. The maximum Gasteiger partial charge on any atom is 0.356 e. The fraction of sp³-hybridized carbons (Fsp3) is 0.389. The van der Waals surface area contributed by atoms with Gasteiger partial charge in [-0.05, 0) is 18.5 Å². The van der Waals surface area contributed by atoms with Crippen LogP contribution < -0.4 is 0 Å². The predicted octanol–water partition coefficient (Wildman–Crippen LogP) is 1.76. The first-order valence-corrected chi connectivity index (χ1v) is 8.05. The number of ether oxygens (including phenoxy) is 1. The summed E-state index contributed by atoms with van der Waals surface area (Å²) >= 11 is 0. The Morgan fingerprint density at radius 3 is 2.83 bits per heavy atom. The zero-order chi connectivity index (χ0) is 16.9. The summed E-state index contributed by atoms with van der Waals surface area (Å²) in [6.45, 7) is 2.70. The maximum absolute atomic E-state index is 12.5. The lowest BCUT2D eigenvalue weighted by atomic mass is 10.0. The van der Waals surface area contributed by atoms with E-state index in [4.69, 9.17) is 4.74 Å². The highest BCUT2D eigenvalue weighted by molar-refractivity contribution is 5.88. The summed E-state index contributed by atoms with van der Waals surface area (Å²) in [6.07, 6.45) is 3.78. The number of carbonyl (C=O) groups excluding carboxylic acids is 2. The summed E-state index contributed by atoms with van der Waals surface area (Å²) in [6, 6.07) is 10.3. The van der Waals surface area contributed by atoms with Crippen molar-refractivity contribution in [3.63, 3.8) is 0 Å². The van der Waals surface area contributed by atoms with Crippen LogP contribution in [0.1, 0.15) is 22.5 Å². The minimum Gasteiger partial charge on any atom is -0.464 e. The lowest BCUT2D eigenvalue weighted by molar-refractivity contribution is -0.123. The van der Waals surface area contributed by atoms with Gasteiger partial charge in [-0.25, -0.2) is 9.78 Å². The Bertz CT molecular complexity index is 711. The third kappa shape index (κ3) is 3.71. The molecule has 0 bridgehead atoms. The number of methoxy groups -OCH3 is 1. The average molecular weight is 327 g/mol. The van der Waals surface area contributed by atoms with Gasteiger partial charge in [-0.3, -0.25) is 9.69 Å². The highest BCUT2D eigenvalue weighted by Gasteiger charge is 2.28. The van der Waals surface area contributed by atoms with Gasteiger partial charge in [0.05, 0.1) is 26.2 Å². The second kappa shape index (κ2) is 7.40. The Hall–Kier alpha value is -2.47. The first-order chi connectivity index (χ1) is 11.7. The van der Waals surface area contributed by atoms with Crippen LogP contribution in [0.25, 0.3) is 0 Å². The second-order valence-corrected chi connectivity index (χ2v) is 6.07. The van der Waals surface area contributed by atoms with Crippen LogP contribution >= 0.6 is 0 Å². The topological polar surface area (TPSA) is 64.4 Å². The number of ketones is 1. The zero-order valence-corrected chi connectivity index (χ0v) is 13.7. The molecule has 1 aromatic heterocycles. The van der Waals surface area contributed by atoms with Crippen molar-refractivity contribution < 1.29 is 14.3 Å². The van der Waals surface area contributed by atoms with Crippen LogP contribution in [0.15, 0.2) is 42.9 Å². The first kappa shape index (κ1) is 16.4. The van der Waals surface area contributed by atoms with E-state index in [1.54, 1.807) is 4.57 Å². The number of imidazole rings is 1. The number of carbonyl (C=O) groups is 2. The molecule has 1 aliphatic heterocycles. The van der Waals surface area contributed by atoms with Gasteiger partial charge in [0, 0.05) is 19.0 Å². The lowest BCUT2D eigenvalue weighted by Gasteiger charge is -2.16. The van der Waals surface area contributed by atoms with Crippen LogP contribution in [-0.4, -0.2) is 46.4 Å². The standard InChI is InChI=1S/C18H21N3O3/c1-24-18(23)16-9-19-13-21(16)12-17(22)15-7-8-20(11-15)10-14-5-3-2-4-6-14/h2-6,9,13,15H,7-8,10-12H2,1H3. The highest BCUT2D eigenvalue weighted by Crippen LogP contribution is 2.20. The third-order valence-electron chi connectivity index (χ3n) is 4.41. The molecule has 1 atom stereocenters. The first-order valence-electron chi connectivity index (χ1n) is 8.05. The van der Waals surface area contributed by atoms with Crippen LogP contribution in [0.3, 0.4) is 0 Å². The number of benzene rings is 1. The molecule has 6 nitrogen and oxygen atoms in total. The fourth-order valence-electron chi connectivity index (χ4n) is 3.10. The molecule has 1 aromatic carbocycles. The summed E-state index contributed by atoms with van der Waals surface area (Å²) in [5.41, 5.74) is 1.57. The summed E-state index contributed by atoms with van der Waals surface area (Å²) in [5.74, 6) is -0.340. The number of nitrogens with zero attached hydrogens (tertiary/aromatic N) is 3. The molecule has 126 valence electrons. The molecule has 0 aliphatic carbocycles. The Labute approximate surface area is 141 Å². The molecule has 0 spiro atoms. The van der Waals surface area contributed by atoms with Gasteiger partial charge in [0.1, 0.15) is 5.69 Å². The molecule has 0 N–H and O–H groups in total. The summed E-state index contributed by atoms with van der Waals surface area (Å²) in [7, 11) is 1.32. The van der Waals surface area contributed by atoms with Crippen molar-refractivity contribution >= 4 is 11.8 Å². The van der Waals surface area contributed by atoms with E-state index in [1.807, 2.05) is 18.2 Å². The number of rotatable bonds is 6. The monoisotopic (exact) mass is 327 g/mol. The van der Waals surface area contributed by atoms with E-state index in [0.29, 0.717) is 5.69 Å². The molecular formula is C18H21N3O3. The van der Waals surface area contributed by atoms with Crippen molar-refractivity contribution in [1.29, 1.82) is 0 Å². The Morgan fingerprint density at radius 1 is 1.29 bits per heavy atom. The van der Waals surface area contributed by atoms with Gasteiger partial charge in [0.2, 0.25) is 0 Å². The lowest BCUT2D eigenvalue weighted by Crippen LogP contribution is -2.26. The quantitative estimate of drug-likeness (QED) is 0.757. The summed E-state index contributed by atoms with van der Waals surface area (Å²) < 4.78 is 6.27. The zero-order valence-electron chi connectivity index (χ0n) is 13.7. The number of Topliss-reactive ketones (excluding diaryl/α,β-unsaturated/α-hetero) is 1. The number of hydrogen-bond donors (Lipinski definition) is 0. The molecule has 1 saturated heterocycles. The number of hydrogen-bond acceptors (Lipinski definition) is 5. The molecule has 2 aromatic rings. The van der Waals surface area contributed by atoms with Crippen molar-refractivity contribution in [3.05, 3.63) is 54.1 Å². The normalized spacial score (nSPS) is 17.8. The second-order valence-electron chi connectivity index (χ2n) is 6.07. The van der Waals surface area contributed by atoms with E-state index in [1.165, 1.54) is 25.2 Å². The van der Waals surface area contributed by atoms with Crippen molar-refractivity contribution in [3.8, 4) is 0 Å². The molecule has 1 unspecified atom stereocenters. The minimum absolute atomic E-state index is 0.00149. The Kier molecular flexibility index (Phi) is 5.05. The fourth-order valence-corrected chi connectivity index (χ4v) is 3.10. The minimum atomic E-state index is -0.475. The van der Waals surface area contributed by atoms with E-state index >= 15 is 0 Å². The Morgan fingerprint density at radius 2 is 2.08 bits per heavy atom. The average Bonchev–Trinajstić information content (AvgIpc) is 3.24. The SMILES string of the molecule is COC(=O)c1cncn1CC(=O)C1CCN(Cc2ccccc2)C1. The number of esters is 1. The Balaban J connectivity index is 1.57. The van der Waals surface area contributed by atoms with Crippen LogP contribution in [-0.2, 0) is 22.6 Å². The molecule has 1 fully saturated rings. The van der Waals surface area contributed by atoms with Gasteiger partial charge >= 0.3 is 5.97 Å². The van der Waals surface area contributed by atoms with Crippen molar-refractivity contribution in [2.45, 2.75) is 19.5 Å². The van der Waals surface area contributed by atoms with Crippen LogP contribution in [0, 0.1) is 5.92 Å². The summed E-state index contributed by atoms with van der Waals surface area (Å²) in [4.78, 5) is 30.4.